The van der Waals surface area contributed by atoms with Gasteiger partial charge in [0.15, 0.2) is 0 Å². The average Bonchev–Trinajstić information content (AvgIpc) is 2.50. The van der Waals surface area contributed by atoms with Crippen molar-refractivity contribution in [2.75, 3.05) is 26.2 Å². The molecule has 1 heterocycles. The lowest BCUT2D eigenvalue weighted by atomic mass is 10.1. The molecule has 0 aromatic heterocycles. The van der Waals surface area contributed by atoms with Crippen molar-refractivity contribution in [2.45, 2.75) is 52.6 Å². The van der Waals surface area contributed by atoms with Crippen LogP contribution in [0.2, 0.25) is 0 Å². The summed E-state index contributed by atoms with van der Waals surface area (Å²) in [4.78, 5) is 27.5. The molecule has 2 amide bonds. The van der Waals surface area contributed by atoms with E-state index in [1.54, 1.807) is 6.92 Å². The van der Waals surface area contributed by atoms with Crippen LogP contribution >= 0.6 is 0 Å². The molecule has 0 aliphatic carbocycles. The second-order valence-electron chi connectivity index (χ2n) is 6.31. The van der Waals surface area contributed by atoms with Crippen molar-refractivity contribution in [2.24, 2.45) is 0 Å². The summed E-state index contributed by atoms with van der Waals surface area (Å²) in [6.45, 7) is 12.6. The minimum atomic E-state index is -0.206. The van der Waals surface area contributed by atoms with Gasteiger partial charge in [-0.05, 0) is 34.1 Å². The molecule has 0 saturated carbocycles. The first-order valence-electron chi connectivity index (χ1n) is 7.02. The highest BCUT2D eigenvalue weighted by Crippen LogP contribution is 2.09. The lowest BCUT2D eigenvalue weighted by molar-refractivity contribution is -0.128. The van der Waals surface area contributed by atoms with Crippen LogP contribution in [0.1, 0.15) is 41.0 Å². The minimum absolute atomic E-state index is 0.0591. The first-order chi connectivity index (χ1) is 8.70. The second kappa shape index (κ2) is 6.37. The molecule has 0 spiro atoms. The standard InChI is InChI=1S/C14H27N3O2/c1-11(13(19)15-14(3,4)5)16-7-6-8-17(10-9-16)12(2)18/h11H,6-10H2,1-5H3,(H,15,19). The summed E-state index contributed by atoms with van der Waals surface area (Å²) in [5, 5.41) is 3.01. The normalized spacial score (nSPS) is 19.7. The lowest BCUT2D eigenvalue weighted by Gasteiger charge is -2.30. The number of hydrogen-bond donors (Lipinski definition) is 1. The molecule has 1 rings (SSSR count). The van der Waals surface area contributed by atoms with Gasteiger partial charge < -0.3 is 10.2 Å². The van der Waals surface area contributed by atoms with Crippen molar-refractivity contribution in [3.63, 3.8) is 0 Å². The number of hydrogen-bond acceptors (Lipinski definition) is 3. The second-order valence-corrected chi connectivity index (χ2v) is 6.31. The number of carbonyl (C=O) groups excluding carboxylic acids is 2. The summed E-state index contributed by atoms with van der Waals surface area (Å²) in [6, 6.07) is -0.147. The smallest absolute Gasteiger partial charge is 0.237 e. The van der Waals surface area contributed by atoms with Gasteiger partial charge in [-0.2, -0.15) is 0 Å². The molecule has 19 heavy (non-hydrogen) atoms. The van der Waals surface area contributed by atoms with Crippen LogP contribution in [0.25, 0.3) is 0 Å². The Morgan fingerprint density at radius 1 is 1.11 bits per heavy atom. The summed E-state index contributed by atoms with van der Waals surface area (Å²) in [5.74, 6) is 0.178. The molecule has 1 N–H and O–H groups in total. The van der Waals surface area contributed by atoms with Crippen molar-refractivity contribution >= 4 is 11.8 Å². The molecule has 5 heteroatoms. The highest BCUT2D eigenvalue weighted by atomic mass is 16.2. The van der Waals surface area contributed by atoms with Gasteiger partial charge in [-0.3, -0.25) is 14.5 Å². The Bertz CT molecular complexity index is 336. The van der Waals surface area contributed by atoms with Crippen LogP contribution in [0, 0.1) is 0 Å². The molecule has 0 aromatic carbocycles. The van der Waals surface area contributed by atoms with Gasteiger partial charge in [0.2, 0.25) is 11.8 Å². The van der Waals surface area contributed by atoms with Crippen molar-refractivity contribution in [1.29, 1.82) is 0 Å². The van der Waals surface area contributed by atoms with Gasteiger partial charge in [0, 0.05) is 38.6 Å². The lowest BCUT2D eigenvalue weighted by Crippen LogP contribution is -2.51. The van der Waals surface area contributed by atoms with Crippen LogP contribution in [0.4, 0.5) is 0 Å². The zero-order valence-electron chi connectivity index (χ0n) is 12.8. The minimum Gasteiger partial charge on any atom is -0.350 e. The summed E-state index contributed by atoms with van der Waals surface area (Å²) in [6.07, 6.45) is 0.923. The van der Waals surface area contributed by atoms with Crippen LogP contribution in [0.5, 0.6) is 0 Å². The van der Waals surface area contributed by atoms with E-state index in [1.807, 2.05) is 32.6 Å². The van der Waals surface area contributed by atoms with Crippen molar-refractivity contribution < 1.29 is 9.59 Å². The number of carbonyl (C=O) groups is 2. The first kappa shape index (κ1) is 16.0. The van der Waals surface area contributed by atoms with Crippen molar-refractivity contribution in [1.82, 2.24) is 15.1 Å². The zero-order valence-corrected chi connectivity index (χ0v) is 12.8. The number of nitrogens with one attached hydrogen (secondary N) is 1. The summed E-state index contributed by atoms with van der Waals surface area (Å²) >= 11 is 0. The fraction of sp³-hybridized carbons (Fsp3) is 0.857. The van der Waals surface area contributed by atoms with E-state index >= 15 is 0 Å². The van der Waals surface area contributed by atoms with E-state index in [4.69, 9.17) is 0 Å². The van der Waals surface area contributed by atoms with Gasteiger partial charge in [-0.1, -0.05) is 0 Å². The molecule has 1 saturated heterocycles. The van der Waals surface area contributed by atoms with Crippen molar-refractivity contribution in [3.05, 3.63) is 0 Å². The molecule has 0 bridgehead atoms. The maximum absolute atomic E-state index is 12.2. The molecule has 1 unspecified atom stereocenters. The maximum Gasteiger partial charge on any atom is 0.237 e. The highest BCUT2D eigenvalue weighted by Gasteiger charge is 2.26. The van der Waals surface area contributed by atoms with E-state index in [0.29, 0.717) is 6.54 Å². The topological polar surface area (TPSA) is 52.7 Å². The molecule has 1 atom stereocenters. The van der Waals surface area contributed by atoms with E-state index < -0.39 is 0 Å². The quantitative estimate of drug-likeness (QED) is 0.808. The van der Waals surface area contributed by atoms with E-state index in [1.165, 1.54) is 0 Å². The zero-order chi connectivity index (χ0) is 14.6. The summed E-state index contributed by atoms with van der Waals surface area (Å²) in [7, 11) is 0. The first-order valence-corrected chi connectivity index (χ1v) is 7.02. The summed E-state index contributed by atoms with van der Waals surface area (Å²) in [5.41, 5.74) is -0.206. The van der Waals surface area contributed by atoms with Crippen LogP contribution in [0.3, 0.4) is 0 Å². The molecular weight excluding hydrogens is 242 g/mol. The Morgan fingerprint density at radius 3 is 2.26 bits per heavy atom. The third-order valence-corrected chi connectivity index (χ3v) is 3.40. The molecule has 1 aliphatic rings. The van der Waals surface area contributed by atoms with E-state index in [-0.39, 0.29) is 23.4 Å². The van der Waals surface area contributed by atoms with Crippen LogP contribution in [-0.4, -0.2) is 59.4 Å². The van der Waals surface area contributed by atoms with Gasteiger partial charge in [-0.15, -0.1) is 0 Å². The van der Waals surface area contributed by atoms with Gasteiger partial charge in [0.25, 0.3) is 0 Å². The summed E-state index contributed by atoms with van der Waals surface area (Å²) < 4.78 is 0. The number of rotatable bonds is 2. The van der Waals surface area contributed by atoms with Gasteiger partial charge in [0.1, 0.15) is 0 Å². The third-order valence-electron chi connectivity index (χ3n) is 3.40. The van der Waals surface area contributed by atoms with Crippen LogP contribution in [-0.2, 0) is 9.59 Å². The number of nitrogens with zero attached hydrogens (tertiary/aromatic N) is 2. The third kappa shape index (κ3) is 5.19. The van der Waals surface area contributed by atoms with E-state index in [9.17, 15) is 9.59 Å². The molecule has 0 aromatic rings. The van der Waals surface area contributed by atoms with E-state index in [2.05, 4.69) is 10.2 Å². The maximum atomic E-state index is 12.2. The van der Waals surface area contributed by atoms with Gasteiger partial charge in [-0.25, -0.2) is 0 Å². The SMILES string of the molecule is CC(=O)N1CCCN(C(C)C(=O)NC(C)(C)C)CC1. The van der Waals surface area contributed by atoms with Gasteiger partial charge in [0.05, 0.1) is 6.04 Å². The fourth-order valence-corrected chi connectivity index (χ4v) is 2.28. The van der Waals surface area contributed by atoms with Crippen molar-refractivity contribution in [3.8, 4) is 0 Å². The average molecular weight is 269 g/mol. The molecule has 110 valence electrons. The Morgan fingerprint density at radius 2 is 1.74 bits per heavy atom. The molecule has 0 radical (unpaired) electrons. The van der Waals surface area contributed by atoms with E-state index in [0.717, 1.165) is 26.1 Å². The number of amides is 2. The largest absolute Gasteiger partial charge is 0.350 e. The molecule has 5 nitrogen and oxygen atoms in total. The molecule has 1 aliphatic heterocycles. The monoisotopic (exact) mass is 269 g/mol. The Hall–Kier alpha value is -1.10. The predicted molar refractivity (Wildman–Crippen MR) is 75.8 cm³/mol. The Kier molecular flexibility index (Phi) is 5.35. The fourth-order valence-electron chi connectivity index (χ4n) is 2.28. The highest BCUT2D eigenvalue weighted by molar-refractivity contribution is 5.82. The van der Waals surface area contributed by atoms with Crippen LogP contribution in [0.15, 0.2) is 0 Å². The molecule has 1 fully saturated rings. The molecular formula is C14H27N3O2. The van der Waals surface area contributed by atoms with Gasteiger partial charge >= 0.3 is 0 Å². The van der Waals surface area contributed by atoms with Crippen LogP contribution < -0.4 is 5.32 Å². The Labute approximate surface area is 116 Å². The Balaban J connectivity index is 2.55. The predicted octanol–water partition coefficient (Wildman–Crippen LogP) is 0.844.